The molecule has 7 rings (SSSR count). The number of hydrogen-bond acceptors (Lipinski definition) is 18. The number of benzene rings is 2. The summed E-state index contributed by atoms with van der Waals surface area (Å²) in [6.07, 6.45) is 2.67. The van der Waals surface area contributed by atoms with E-state index in [9.17, 15) is 19.8 Å². The van der Waals surface area contributed by atoms with Crippen LogP contribution in [0.2, 0.25) is 0 Å². The third kappa shape index (κ3) is 6.57. The number of rotatable bonds is 12. The lowest BCUT2D eigenvalue weighted by atomic mass is 10.2. The predicted octanol–water partition coefficient (Wildman–Crippen LogP) is 2.94. The SMILES string of the molecule is COC(=O)c1cnn(-c2ccccc2)c1NN(C)c1c(C)nn(-c2nc(O)nc(-n3nc(C)c(/N=N/c4c(C(=O)CO)cnn4-c4ccccc4)c3N)n2)c1N. The van der Waals surface area contributed by atoms with Gasteiger partial charge in [0.15, 0.2) is 34.7 Å². The Kier molecular flexibility index (Phi) is 9.60. The van der Waals surface area contributed by atoms with Crippen LogP contribution in [0.1, 0.15) is 32.1 Å². The Labute approximate surface area is 316 Å². The first kappa shape index (κ1) is 36.4. The molecule has 0 aliphatic rings. The summed E-state index contributed by atoms with van der Waals surface area (Å²) >= 11 is 0. The average molecular weight is 760 g/mol. The molecular weight excluding hydrogens is 726 g/mol. The Morgan fingerprint density at radius 2 is 1.38 bits per heavy atom. The molecule has 0 bridgehead atoms. The molecule has 7 aromatic rings. The molecule has 22 nitrogen and oxygen atoms in total. The standard InChI is InChI=1S/C34H33N17O5/c1-18-25(42-43-29-22(24(53)17-52)15-37-48(29)20-11-7-5-8-12-20)27(35)50(44-18)32-39-33(41-34(55)40-32)51-28(36)26(19(2)45-51)47(3)46-30-23(31(54)56-4)16-38-49(30)21-13-9-6-10-14-21/h5-16,46,52H,17,35-36H2,1-4H3,(H,39,40,41,55)/b43-42+. The number of nitrogens with one attached hydrogen (secondary N) is 1. The monoisotopic (exact) mass is 759 g/mol. The number of Topliss-reactive ketones (excluding diaryl/α,β-unsaturated/α-hetero) is 1. The minimum atomic E-state index is -0.766. The molecule has 0 spiro atoms. The van der Waals surface area contributed by atoms with Crippen LogP contribution in [0.25, 0.3) is 23.3 Å². The zero-order chi connectivity index (χ0) is 39.7. The van der Waals surface area contributed by atoms with Gasteiger partial charge >= 0.3 is 12.0 Å². The van der Waals surface area contributed by atoms with E-state index in [0.29, 0.717) is 28.5 Å². The van der Waals surface area contributed by atoms with Crippen molar-refractivity contribution in [2.75, 3.05) is 42.7 Å². The fraction of sp³-hybridized carbons (Fsp3) is 0.147. The van der Waals surface area contributed by atoms with E-state index in [1.165, 1.54) is 38.6 Å². The number of anilines is 4. The van der Waals surface area contributed by atoms with Gasteiger partial charge in [-0.05, 0) is 38.1 Å². The Hall–Kier alpha value is -8.01. The molecule has 7 N–H and O–H groups in total. The number of nitrogen functional groups attached to an aromatic ring is 2. The van der Waals surface area contributed by atoms with Gasteiger partial charge in [-0.2, -0.15) is 44.7 Å². The number of aromatic nitrogens is 11. The van der Waals surface area contributed by atoms with Gasteiger partial charge in [0.2, 0.25) is 0 Å². The summed E-state index contributed by atoms with van der Waals surface area (Å²) < 4.78 is 10.2. The first-order chi connectivity index (χ1) is 27.0. The molecule has 0 amide bonds. The Morgan fingerprint density at radius 1 is 0.804 bits per heavy atom. The van der Waals surface area contributed by atoms with Gasteiger partial charge in [0.25, 0.3) is 11.9 Å². The first-order valence-electron chi connectivity index (χ1n) is 16.6. The van der Waals surface area contributed by atoms with Crippen molar-refractivity contribution in [3.63, 3.8) is 0 Å². The predicted molar refractivity (Wildman–Crippen MR) is 200 cm³/mol. The van der Waals surface area contributed by atoms with E-state index in [-0.39, 0.29) is 52.0 Å². The number of carbonyl (C=O) groups is 2. The number of hydrogen-bond donors (Lipinski definition) is 5. The van der Waals surface area contributed by atoms with E-state index in [1.807, 2.05) is 36.4 Å². The minimum Gasteiger partial charge on any atom is -0.479 e. The number of methoxy groups -OCH3 is 1. The summed E-state index contributed by atoms with van der Waals surface area (Å²) in [6.45, 7) is 2.53. The lowest BCUT2D eigenvalue weighted by Gasteiger charge is -2.23. The largest absolute Gasteiger partial charge is 0.479 e. The number of esters is 1. The fourth-order valence-corrected chi connectivity index (χ4v) is 5.72. The summed E-state index contributed by atoms with van der Waals surface area (Å²) in [5.74, 6) is -1.33. The smallest absolute Gasteiger partial charge is 0.343 e. The number of aromatic hydroxyl groups is 1. The van der Waals surface area contributed by atoms with Crippen LogP contribution in [0.5, 0.6) is 6.01 Å². The molecule has 0 unspecified atom stereocenters. The third-order valence-corrected chi connectivity index (χ3v) is 8.32. The van der Waals surface area contributed by atoms with Crippen molar-refractivity contribution in [1.82, 2.24) is 54.1 Å². The second-order valence-corrected chi connectivity index (χ2v) is 11.9. The van der Waals surface area contributed by atoms with E-state index >= 15 is 0 Å². The molecule has 0 saturated heterocycles. The summed E-state index contributed by atoms with van der Waals surface area (Å²) in [5, 5.41) is 47.9. The number of ketones is 1. The average Bonchev–Trinajstić information content (AvgIpc) is 3.97. The minimum absolute atomic E-state index is 0.0359. The van der Waals surface area contributed by atoms with Crippen LogP contribution < -0.4 is 21.9 Å². The summed E-state index contributed by atoms with van der Waals surface area (Å²) in [5.41, 5.74) is 18.9. The van der Waals surface area contributed by atoms with E-state index < -0.39 is 24.4 Å². The summed E-state index contributed by atoms with van der Waals surface area (Å²) in [7, 11) is 2.92. The summed E-state index contributed by atoms with van der Waals surface area (Å²) in [4.78, 5) is 37.7. The zero-order valence-electron chi connectivity index (χ0n) is 30.2. The van der Waals surface area contributed by atoms with Crippen molar-refractivity contribution >= 4 is 46.4 Å². The van der Waals surface area contributed by atoms with E-state index in [1.54, 1.807) is 45.2 Å². The highest BCUT2D eigenvalue weighted by molar-refractivity contribution is 6.00. The quantitative estimate of drug-likeness (QED) is 0.0518. The van der Waals surface area contributed by atoms with E-state index in [0.717, 1.165) is 4.68 Å². The molecule has 0 aliphatic heterocycles. The van der Waals surface area contributed by atoms with Crippen LogP contribution in [-0.2, 0) is 4.74 Å². The van der Waals surface area contributed by atoms with Crippen molar-refractivity contribution in [3.8, 4) is 29.3 Å². The molecule has 56 heavy (non-hydrogen) atoms. The molecule has 0 aliphatic carbocycles. The second kappa shape index (κ2) is 14.8. The molecule has 5 aromatic heterocycles. The van der Waals surface area contributed by atoms with Gasteiger partial charge < -0.3 is 26.4 Å². The van der Waals surface area contributed by atoms with E-state index in [4.69, 9.17) is 16.2 Å². The van der Waals surface area contributed by atoms with Gasteiger partial charge in [0.1, 0.15) is 17.9 Å². The lowest BCUT2D eigenvalue weighted by Crippen LogP contribution is -2.28. The topological polar surface area (TPSA) is 286 Å². The van der Waals surface area contributed by atoms with Crippen LogP contribution in [0.3, 0.4) is 0 Å². The Morgan fingerprint density at radius 3 is 2.00 bits per heavy atom. The number of nitrogens with zero attached hydrogens (tertiary/aromatic N) is 14. The number of carbonyl (C=O) groups excluding carboxylic acids is 2. The second-order valence-electron chi connectivity index (χ2n) is 11.9. The molecule has 0 radical (unpaired) electrons. The number of nitrogens with two attached hydrogens (primary N) is 2. The van der Waals surface area contributed by atoms with Crippen LogP contribution >= 0.6 is 0 Å². The molecular formula is C34H33N17O5. The first-order valence-corrected chi connectivity index (χ1v) is 16.6. The molecule has 22 heteroatoms. The Bertz CT molecular complexity index is 2610. The van der Waals surface area contributed by atoms with Gasteiger partial charge in [-0.25, -0.2) is 14.2 Å². The van der Waals surface area contributed by atoms with Gasteiger partial charge in [-0.15, -0.1) is 10.2 Å². The van der Waals surface area contributed by atoms with Crippen LogP contribution in [0.4, 0.5) is 34.6 Å². The maximum absolute atomic E-state index is 12.7. The number of para-hydroxylation sites is 2. The normalized spacial score (nSPS) is 11.3. The van der Waals surface area contributed by atoms with Crippen LogP contribution in [0, 0.1) is 13.8 Å². The fourth-order valence-electron chi connectivity index (χ4n) is 5.72. The highest BCUT2D eigenvalue weighted by Gasteiger charge is 2.26. The van der Waals surface area contributed by atoms with Gasteiger partial charge in [-0.1, -0.05) is 36.4 Å². The van der Waals surface area contributed by atoms with Crippen molar-refractivity contribution in [3.05, 3.63) is 95.6 Å². The van der Waals surface area contributed by atoms with Gasteiger partial charge in [0.05, 0.1) is 47.8 Å². The Balaban J connectivity index is 1.22. The van der Waals surface area contributed by atoms with Crippen molar-refractivity contribution in [2.45, 2.75) is 13.8 Å². The molecule has 0 fully saturated rings. The van der Waals surface area contributed by atoms with Crippen LogP contribution in [-0.4, -0.2) is 96.8 Å². The number of ether oxygens (including phenoxy) is 1. The number of azo groups is 1. The zero-order valence-corrected chi connectivity index (χ0v) is 30.2. The third-order valence-electron chi connectivity index (χ3n) is 8.32. The highest BCUT2D eigenvalue weighted by atomic mass is 16.5. The number of aliphatic hydroxyl groups excluding tert-OH is 1. The maximum Gasteiger partial charge on any atom is 0.343 e. The van der Waals surface area contributed by atoms with E-state index in [2.05, 4.69) is 51.0 Å². The lowest BCUT2D eigenvalue weighted by molar-refractivity contribution is 0.0601. The number of aliphatic hydroxyl groups is 1. The van der Waals surface area contributed by atoms with Gasteiger partial charge in [0, 0.05) is 7.05 Å². The molecule has 0 saturated carbocycles. The van der Waals surface area contributed by atoms with Gasteiger partial charge in [-0.3, -0.25) is 15.2 Å². The molecule has 0 atom stereocenters. The van der Waals surface area contributed by atoms with Crippen LogP contribution in [0.15, 0.2) is 83.3 Å². The highest BCUT2D eigenvalue weighted by Crippen LogP contribution is 2.34. The molecule has 2 aromatic carbocycles. The van der Waals surface area contributed by atoms with Crippen molar-refractivity contribution in [1.29, 1.82) is 0 Å². The summed E-state index contributed by atoms with van der Waals surface area (Å²) in [6, 6.07) is 17.4. The number of aryl methyl sites for hydroxylation is 2. The molecule has 284 valence electrons. The van der Waals surface area contributed by atoms with Crippen molar-refractivity contribution < 1.29 is 24.5 Å². The van der Waals surface area contributed by atoms with Crippen molar-refractivity contribution in [2.24, 2.45) is 10.2 Å². The maximum atomic E-state index is 12.7. The molecule has 5 heterocycles. The number of hydrazine groups is 1.